The molecule has 56 heavy (non-hydrogen) atoms. The molecular weight excluding hydrogens is 703 g/mol. The second-order valence-electron chi connectivity index (χ2n) is 17.4. The number of likely N-dealkylation sites (N-methyl/N-ethyl adjacent to an activating group) is 1. The monoisotopic (exact) mass is 795 g/mol. The summed E-state index contributed by atoms with van der Waals surface area (Å²) in [5.41, 5.74) is 0. The van der Waals surface area contributed by atoms with Crippen LogP contribution < -0.4 is 0 Å². The van der Waals surface area contributed by atoms with Gasteiger partial charge >= 0.3 is 17.9 Å². The minimum absolute atomic E-state index is 0.0495. The van der Waals surface area contributed by atoms with Crippen molar-refractivity contribution in [1.29, 1.82) is 0 Å². The van der Waals surface area contributed by atoms with Gasteiger partial charge in [-0.15, -0.1) is 0 Å². The minimum Gasteiger partial charge on any atom is -0.477 e. The first-order valence-electron chi connectivity index (χ1n) is 23.7. The first kappa shape index (κ1) is 54.1. The van der Waals surface area contributed by atoms with Crippen molar-refractivity contribution in [3.05, 3.63) is 12.2 Å². The lowest BCUT2D eigenvalue weighted by Crippen LogP contribution is -2.50. The van der Waals surface area contributed by atoms with Crippen molar-refractivity contribution in [2.75, 3.05) is 41.0 Å². The van der Waals surface area contributed by atoms with Crippen LogP contribution in [0.5, 0.6) is 0 Å². The Morgan fingerprint density at radius 2 is 0.893 bits per heavy atom. The summed E-state index contributed by atoms with van der Waals surface area (Å²) < 4.78 is 17.3. The topological polar surface area (TPSA) is 99.1 Å². The quantitative estimate of drug-likeness (QED) is 0.0284. The van der Waals surface area contributed by atoms with Crippen molar-refractivity contribution >= 4 is 17.9 Å². The Kier molecular flexibility index (Phi) is 38.5. The van der Waals surface area contributed by atoms with E-state index in [-0.39, 0.29) is 36.2 Å². The van der Waals surface area contributed by atoms with E-state index in [1.54, 1.807) is 0 Å². The average molecular weight is 795 g/mol. The van der Waals surface area contributed by atoms with Crippen molar-refractivity contribution in [2.45, 2.75) is 238 Å². The summed E-state index contributed by atoms with van der Waals surface area (Å²) in [7, 11) is 5.53. The first-order valence-corrected chi connectivity index (χ1v) is 23.7. The van der Waals surface area contributed by atoms with Gasteiger partial charge in [0.2, 0.25) is 0 Å². The summed E-state index contributed by atoms with van der Waals surface area (Å²) >= 11 is 0. The SMILES string of the molecule is CCCCC/C=C/CCCCCCCC(=O)OCC(COCCC(C(=O)O)[N+](C)(C)C)OC(=O)CCCCCCCCCCCCCCCCCCCCCC. The maximum atomic E-state index is 12.7. The van der Waals surface area contributed by atoms with Crippen LogP contribution in [0.1, 0.15) is 226 Å². The summed E-state index contributed by atoms with van der Waals surface area (Å²) in [4.78, 5) is 37.0. The average Bonchev–Trinajstić information content (AvgIpc) is 3.15. The summed E-state index contributed by atoms with van der Waals surface area (Å²) in [6, 6.07) is -0.611. The molecule has 330 valence electrons. The fourth-order valence-electron chi connectivity index (χ4n) is 7.21. The van der Waals surface area contributed by atoms with E-state index in [9.17, 15) is 19.5 Å². The third kappa shape index (κ3) is 37.6. The molecule has 0 amide bonds. The summed E-state index contributed by atoms with van der Waals surface area (Å²) in [6.45, 7) is 4.74. The minimum atomic E-state index is -0.873. The van der Waals surface area contributed by atoms with Crippen LogP contribution >= 0.6 is 0 Å². The highest BCUT2D eigenvalue weighted by Gasteiger charge is 2.31. The van der Waals surface area contributed by atoms with Gasteiger partial charge in [-0.05, 0) is 38.5 Å². The van der Waals surface area contributed by atoms with Crippen LogP contribution in [0.2, 0.25) is 0 Å². The molecule has 0 bridgehead atoms. The molecule has 0 aliphatic rings. The van der Waals surface area contributed by atoms with Gasteiger partial charge in [0.05, 0.1) is 34.4 Å². The zero-order valence-electron chi connectivity index (χ0n) is 37.6. The van der Waals surface area contributed by atoms with Gasteiger partial charge in [0.15, 0.2) is 12.1 Å². The van der Waals surface area contributed by atoms with Gasteiger partial charge in [-0.1, -0.05) is 180 Å². The van der Waals surface area contributed by atoms with E-state index >= 15 is 0 Å². The molecule has 1 N–H and O–H groups in total. The molecule has 0 rings (SSSR count). The Balaban J connectivity index is 4.22. The van der Waals surface area contributed by atoms with Crippen LogP contribution in [0.25, 0.3) is 0 Å². The highest BCUT2D eigenvalue weighted by atomic mass is 16.6. The maximum Gasteiger partial charge on any atom is 0.362 e. The maximum absolute atomic E-state index is 12.7. The lowest BCUT2D eigenvalue weighted by atomic mass is 10.0. The van der Waals surface area contributed by atoms with E-state index < -0.39 is 18.1 Å². The molecule has 0 spiro atoms. The molecule has 0 aromatic rings. The summed E-state index contributed by atoms with van der Waals surface area (Å²) in [6.07, 6.45) is 42.6. The lowest BCUT2D eigenvalue weighted by Gasteiger charge is -2.31. The zero-order chi connectivity index (χ0) is 41.4. The molecule has 0 aromatic heterocycles. The number of hydrogen-bond donors (Lipinski definition) is 1. The van der Waals surface area contributed by atoms with Gasteiger partial charge in [-0.2, -0.15) is 0 Å². The van der Waals surface area contributed by atoms with E-state index in [1.165, 1.54) is 148 Å². The second-order valence-corrected chi connectivity index (χ2v) is 17.4. The van der Waals surface area contributed by atoms with Gasteiger partial charge < -0.3 is 23.8 Å². The van der Waals surface area contributed by atoms with Crippen molar-refractivity contribution < 1.29 is 38.2 Å². The van der Waals surface area contributed by atoms with E-state index in [1.807, 2.05) is 21.1 Å². The number of carboxylic acid groups (broad SMARTS) is 1. The van der Waals surface area contributed by atoms with Crippen molar-refractivity contribution in [2.24, 2.45) is 0 Å². The van der Waals surface area contributed by atoms with Gasteiger partial charge in [-0.3, -0.25) is 9.59 Å². The number of unbranched alkanes of at least 4 members (excludes halogenated alkanes) is 27. The van der Waals surface area contributed by atoms with Crippen LogP contribution in [-0.2, 0) is 28.6 Å². The number of hydrogen-bond acceptors (Lipinski definition) is 6. The van der Waals surface area contributed by atoms with Gasteiger partial charge in [-0.25, -0.2) is 4.79 Å². The number of carboxylic acids is 1. The molecule has 0 aliphatic carbocycles. The van der Waals surface area contributed by atoms with Gasteiger partial charge in [0.1, 0.15) is 6.61 Å². The highest BCUT2D eigenvalue weighted by molar-refractivity contribution is 5.72. The number of allylic oxidation sites excluding steroid dienone is 2. The first-order chi connectivity index (χ1) is 27.1. The van der Waals surface area contributed by atoms with Gasteiger partial charge in [0, 0.05) is 19.3 Å². The predicted molar refractivity (Wildman–Crippen MR) is 234 cm³/mol. The smallest absolute Gasteiger partial charge is 0.362 e. The number of ether oxygens (including phenoxy) is 3. The molecule has 0 heterocycles. The van der Waals surface area contributed by atoms with Gasteiger partial charge in [0.25, 0.3) is 0 Å². The molecule has 2 unspecified atom stereocenters. The molecule has 0 radical (unpaired) electrons. The van der Waals surface area contributed by atoms with E-state index in [2.05, 4.69) is 26.0 Å². The fraction of sp³-hybridized carbons (Fsp3) is 0.896. The molecule has 0 saturated heterocycles. The lowest BCUT2D eigenvalue weighted by molar-refractivity contribution is -0.887. The molecular formula is C48H92NO7+. The third-order valence-corrected chi connectivity index (χ3v) is 10.9. The molecule has 8 nitrogen and oxygen atoms in total. The Morgan fingerprint density at radius 3 is 1.32 bits per heavy atom. The Bertz CT molecular complexity index is 931. The highest BCUT2D eigenvalue weighted by Crippen LogP contribution is 2.16. The van der Waals surface area contributed by atoms with Crippen LogP contribution in [0.15, 0.2) is 12.2 Å². The van der Waals surface area contributed by atoms with Crippen molar-refractivity contribution in [3.63, 3.8) is 0 Å². The standard InChI is InChI=1S/C48H91NO7/c1-6-8-10-12-14-16-18-20-21-22-23-24-25-26-27-29-31-33-35-37-39-47(51)56-44(42-54-41-40-45(48(52)53)49(3,4)5)43-55-46(50)38-36-34-32-30-28-19-17-15-13-11-9-7-2/h15,17,44-45H,6-14,16,18-43H2,1-5H3/p+1/b17-15+. The summed E-state index contributed by atoms with van der Waals surface area (Å²) in [5.74, 6) is -1.46. The van der Waals surface area contributed by atoms with Crippen LogP contribution in [-0.4, -0.2) is 80.6 Å². The van der Waals surface area contributed by atoms with Crippen LogP contribution in [0.4, 0.5) is 0 Å². The van der Waals surface area contributed by atoms with Crippen molar-refractivity contribution in [1.82, 2.24) is 0 Å². The van der Waals surface area contributed by atoms with E-state index in [4.69, 9.17) is 14.2 Å². The number of carbonyl (C=O) groups excluding carboxylic acids is 2. The number of aliphatic carboxylic acids is 1. The Labute approximate surface area is 346 Å². The molecule has 2 atom stereocenters. The van der Waals surface area contributed by atoms with Crippen molar-refractivity contribution in [3.8, 4) is 0 Å². The molecule has 0 aliphatic heterocycles. The normalized spacial score (nSPS) is 12.9. The van der Waals surface area contributed by atoms with Crippen LogP contribution in [0.3, 0.4) is 0 Å². The Morgan fingerprint density at radius 1 is 0.518 bits per heavy atom. The molecule has 0 aromatic carbocycles. The number of carbonyl (C=O) groups is 3. The molecule has 0 saturated carbocycles. The van der Waals surface area contributed by atoms with Crippen LogP contribution in [0, 0.1) is 0 Å². The number of esters is 2. The fourth-order valence-corrected chi connectivity index (χ4v) is 7.21. The molecule has 8 heteroatoms. The Hall–Kier alpha value is -1.93. The van der Waals surface area contributed by atoms with E-state index in [0.717, 1.165) is 44.9 Å². The zero-order valence-corrected chi connectivity index (χ0v) is 37.6. The van der Waals surface area contributed by atoms with E-state index in [0.29, 0.717) is 19.3 Å². The molecule has 0 fully saturated rings. The summed E-state index contributed by atoms with van der Waals surface area (Å²) in [5, 5.41) is 9.62. The predicted octanol–water partition coefficient (Wildman–Crippen LogP) is 13.1. The number of quaternary nitrogens is 1. The largest absolute Gasteiger partial charge is 0.477 e. The number of rotatable bonds is 43. The number of nitrogens with zero attached hydrogens (tertiary/aromatic N) is 1. The third-order valence-electron chi connectivity index (χ3n) is 10.9. The second kappa shape index (κ2) is 39.9.